The van der Waals surface area contributed by atoms with Crippen molar-refractivity contribution < 1.29 is 24.2 Å². The third-order valence-corrected chi connectivity index (χ3v) is 2.58. The maximum absolute atomic E-state index is 10.9. The SMILES string of the molecule is O=C(O)c1oc2c(c1C(=O)O)CCCC2. The van der Waals surface area contributed by atoms with E-state index < -0.39 is 17.7 Å². The maximum Gasteiger partial charge on any atom is 0.372 e. The van der Waals surface area contributed by atoms with Crippen molar-refractivity contribution in [3.05, 3.63) is 22.6 Å². The van der Waals surface area contributed by atoms with Gasteiger partial charge in [-0.05, 0) is 19.3 Å². The quantitative estimate of drug-likeness (QED) is 0.773. The van der Waals surface area contributed by atoms with Crippen molar-refractivity contribution in [1.29, 1.82) is 0 Å². The van der Waals surface area contributed by atoms with Crippen LogP contribution in [0.5, 0.6) is 0 Å². The molecule has 0 spiro atoms. The fraction of sp³-hybridized carbons (Fsp3) is 0.400. The van der Waals surface area contributed by atoms with Gasteiger partial charge in [0.1, 0.15) is 11.3 Å². The maximum atomic E-state index is 10.9. The van der Waals surface area contributed by atoms with Crippen LogP contribution in [-0.4, -0.2) is 22.2 Å². The van der Waals surface area contributed by atoms with Gasteiger partial charge in [0.15, 0.2) is 0 Å². The molecular weight excluding hydrogens is 200 g/mol. The predicted octanol–water partition coefficient (Wildman–Crippen LogP) is 1.55. The van der Waals surface area contributed by atoms with E-state index in [1.165, 1.54) is 0 Å². The van der Waals surface area contributed by atoms with Crippen molar-refractivity contribution in [1.82, 2.24) is 0 Å². The van der Waals surface area contributed by atoms with E-state index in [1.54, 1.807) is 0 Å². The Hall–Kier alpha value is -1.78. The molecule has 1 aliphatic rings. The van der Waals surface area contributed by atoms with Crippen LogP contribution in [0.4, 0.5) is 0 Å². The van der Waals surface area contributed by atoms with E-state index in [4.69, 9.17) is 14.6 Å². The molecule has 0 aliphatic heterocycles. The summed E-state index contributed by atoms with van der Waals surface area (Å²) in [5.41, 5.74) is 0.392. The zero-order valence-electron chi connectivity index (χ0n) is 7.95. The van der Waals surface area contributed by atoms with Gasteiger partial charge in [0.05, 0.1) is 0 Å². The van der Waals surface area contributed by atoms with E-state index in [1.807, 2.05) is 0 Å². The van der Waals surface area contributed by atoms with Gasteiger partial charge in [0.25, 0.3) is 0 Å². The molecule has 0 atom stereocenters. The van der Waals surface area contributed by atoms with Crippen LogP contribution in [0.1, 0.15) is 45.1 Å². The van der Waals surface area contributed by atoms with Crippen molar-refractivity contribution >= 4 is 11.9 Å². The third-order valence-electron chi connectivity index (χ3n) is 2.58. The summed E-state index contributed by atoms with van der Waals surface area (Å²) < 4.78 is 5.08. The zero-order chi connectivity index (χ0) is 11.0. The largest absolute Gasteiger partial charge is 0.478 e. The van der Waals surface area contributed by atoms with Gasteiger partial charge in [-0.1, -0.05) is 0 Å². The average molecular weight is 210 g/mol. The molecule has 15 heavy (non-hydrogen) atoms. The molecule has 0 saturated carbocycles. The Kier molecular flexibility index (Phi) is 2.22. The van der Waals surface area contributed by atoms with E-state index in [2.05, 4.69) is 0 Å². The Labute approximate surface area is 85.3 Å². The highest BCUT2D eigenvalue weighted by molar-refractivity contribution is 6.01. The van der Waals surface area contributed by atoms with Crippen LogP contribution in [0.2, 0.25) is 0 Å². The van der Waals surface area contributed by atoms with Crippen LogP contribution in [0.15, 0.2) is 4.42 Å². The lowest BCUT2D eigenvalue weighted by Crippen LogP contribution is -2.09. The highest BCUT2D eigenvalue weighted by atomic mass is 16.4. The summed E-state index contributed by atoms with van der Waals surface area (Å²) in [6, 6.07) is 0. The molecule has 0 saturated heterocycles. The molecule has 0 bridgehead atoms. The van der Waals surface area contributed by atoms with Gasteiger partial charge in [-0.2, -0.15) is 0 Å². The lowest BCUT2D eigenvalue weighted by atomic mass is 9.94. The first-order chi connectivity index (χ1) is 7.11. The van der Waals surface area contributed by atoms with E-state index >= 15 is 0 Å². The number of aryl methyl sites for hydroxylation is 1. The number of hydrogen-bond donors (Lipinski definition) is 2. The Balaban J connectivity index is 2.61. The minimum atomic E-state index is -1.32. The summed E-state index contributed by atoms with van der Waals surface area (Å²) in [5, 5.41) is 17.7. The van der Waals surface area contributed by atoms with Crippen LogP contribution in [0.25, 0.3) is 0 Å². The molecule has 0 aromatic carbocycles. The van der Waals surface area contributed by atoms with Gasteiger partial charge in [-0.25, -0.2) is 9.59 Å². The first kappa shape index (κ1) is 9.76. The monoisotopic (exact) mass is 210 g/mol. The second-order valence-corrected chi connectivity index (χ2v) is 3.53. The fourth-order valence-corrected chi connectivity index (χ4v) is 1.94. The highest BCUT2D eigenvalue weighted by Gasteiger charge is 2.30. The molecule has 80 valence electrons. The average Bonchev–Trinajstić information content (AvgIpc) is 2.56. The molecule has 0 radical (unpaired) electrons. The molecule has 2 N–H and O–H groups in total. The summed E-state index contributed by atoms with van der Waals surface area (Å²) >= 11 is 0. The van der Waals surface area contributed by atoms with E-state index in [0.717, 1.165) is 12.8 Å². The third kappa shape index (κ3) is 1.49. The molecule has 0 fully saturated rings. The topological polar surface area (TPSA) is 87.7 Å². The van der Waals surface area contributed by atoms with Crippen LogP contribution < -0.4 is 0 Å². The summed E-state index contributed by atoms with van der Waals surface area (Å²) in [6.45, 7) is 0. The van der Waals surface area contributed by atoms with Crippen LogP contribution in [-0.2, 0) is 12.8 Å². The van der Waals surface area contributed by atoms with Crippen molar-refractivity contribution in [2.75, 3.05) is 0 Å². The molecule has 1 heterocycles. The highest BCUT2D eigenvalue weighted by Crippen LogP contribution is 2.29. The van der Waals surface area contributed by atoms with E-state index in [-0.39, 0.29) is 5.56 Å². The van der Waals surface area contributed by atoms with Crippen molar-refractivity contribution in [3.8, 4) is 0 Å². The van der Waals surface area contributed by atoms with Gasteiger partial charge >= 0.3 is 11.9 Å². The number of carboxylic acids is 2. The first-order valence-electron chi connectivity index (χ1n) is 4.72. The van der Waals surface area contributed by atoms with Gasteiger partial charge in [-0.3, -0.25) is 0 Å². The Morgan fingerprint density at radius 2 is 1.73 bits per heavy atom. The number of furan rings is 1. The number of carbonyl (C=O) groups is 2. The molecule has 5 nitrogen and oxygen atoms in total. The van der Waals surface area contributed by atoms with E-state index in [0.29, 0.717) is 24.2 Å². The fourth-order valence-electron chi connectivity index (χ4n) is 1.94. The summed E-state index contributed by atoms with van der Waals surface area (Å²) in [5.74, 6) is -2.45. The molecule has 2 rings (SSSR count). The predicted molar refractivity (Wildman–Crippen MR) is 49.3 cm³/mol. The van der Waals surface area contributed by atoms with Crippen molar-refractivity contribution in [2.45, 2.75) is 25.7 Å². The van der Waals surface area contributed by atoms with Crippen molar-refractivity contribution in [2.24, 2.45) is 0 Å². The molecule has 1 aromatic rings. The number of carboxylic acid groups (broad SMARTS) is 2. The van der Waals surface area contributed by atoms with Crippen molar-refractivity contribution in [3.63, 3.8) is 0 Å². The molecule has 5 heteroatoms. The minimum absolute atomic E-state index is 0.169. The van der Waals surface area contributed by atoms with Crippen LogP contribution in [0, 0.1) is 0 Å². The lowest BCUT2D eigenvalue weighted by Gasteiger charge is -2.08. The second-order valence-electron chi connectivity index (χ2n) is 3.53. The normalized spacial score (nSPS) is 14.7. The number of hydrogen-bond acceptors (Lipinski definition) is 3. The Morgan fingerprint density at radius 3 is 2.33 bits per heavy atom. The lowest BCUT2D eigenvalue weighted by molar-refractivity contribution is 0.0624. The Morgan fingerprint density at radius 1 is 1.07 bits per heavy atom. The second kappa shape index (κ2) is 3.42. The summed E-state index contributed by atoms with van der Waals surface area (Å²) in [4.78, 5) is 21.7. The smallest absolute Gasteiger partial charge is 0.372 e. The first-order valence-corrected chi connectivity index (χ1v) is 4.72. The summed E-state index contributed by atoms with van der Waals surface area (Å²) in [7, 11) is 0. The van der Waals surface area contributed by atoms with Gasteiger partial charge in [0.2, 0.25) is 5.76 Å². The minimum Gasteiger partial charge on any atom is -0.478 e. The molecular formula is C10H10O5. The number of aromatic carboxylic acids is 2. The van der Waals surface area contributed by atoms with Gasteiger partial charge < -0.3 is 14.6 Å². The zero-order valence-corrected chi connectivity index (χ0v) is 7.95. The molecule has 1 aromatic heterocycles. The molecule has 0 unspecified atom stereocenters. The van der Waals surface area contributed by atoms with Crippen LogP contribution in [0.3, 0.4) is 0 Å². The Bertz CT molecular complexity index is 429. The number of rotatable bonds is 2. The van der Waals surface area contributed by atoms with Gasteiger partial charge in [0, 0.05) is 12.0 Å². The van der Waals surface area contributed by atoms with Crippen LogP contribution >= 0.6 is 0 Å². The van der Waals surface area contributed by atoms with Gasteiger partial charge in [-0.15, -0.1) is 0 Å². The van der Waals surface area contributed by atoms with E-state index in [9.17, 15) is 9.59 Å². The molecule has 1 aliphatic carbocycles. The standard InChI is InChI=1S/C10H10O5/c11-9(12)7-5-3-1-2-4-6(5)15-8(7)10(13)14/h1-4H2,(H,11,12)(H,13,14). The molecule has 0 amide bonds. The number of fused-ring (bicyclic) bond motifs is 1. The summed E-state index contributed by atoms with van der Waals surface area (Å²) in [6.07, 6.45) is 3.02.